The molecule has 2 atom stereocenters. The van der Waals surface area contributed by atoms with Crippen molar-refractivity contribution in [3.63, 3.8) is 0 Å². The zero-order valence-electron chi connectivity index (χ0n) is 12.5. The number of nitrogens with one attached hydrogen (secondary N) is 1. The second-order valence-electron chi connectivity index (χ2n) is 6.51. The summed E-state index contributed by atoms with van der Waals surface area (Å²) in [5.74, 6) is 0. The van der Waals surface area contributed by atoms with Crippen molar-refractivity contribution in [2.75, 3.05) is 32.7 Å². The van der Waals surface area contributed by atoms with Gasteiger partial charge in [-0.25, -0.2) is 0 Å². The van der Waals surface area contributed by atoms with E-state index < -0.39 is 0 Å². The van der Waals surface area contributed by atoms with Crippen LogP contribution in [0.4, 0.5) is 0 Å². The summed E-state index contributed by atoms with van der Waals surface area (Å²) >= 11 is 0. The monoisotopic (exact) mass is 253 g/mol. The molecule has 0 spiro atoms. The van der Waals surface area contributed by atoms with E-state index in [1.807, 2.05) is 0 Å². The van der Waals surface area contributed by atoms with Crippen LogP contribution < -0.4 is 5.32 Å². The number of likely N-dealkylation sites (tertiary alicyclic amines) is 2. The van der Waals surface area contributed by atoms with Crippen molar-refractivity contribution in [1.82, 2.24) is 15.1 Å². The topological polar surface area (TPSA) is 18.5 Å². The first kappa shape index (κ1) is 14.3. The zero-order valence-corrected chi connectivity index (χ0v) is 12.5. The molecule has 2 heterocycles. The van der Waals surface area contributed by atoms with Gasteiger partial charge in [-0.3, -0.25) is 4.90 Å². The van der Waals surface area contributed by atoms with Crippen LogP contribution in [0, 0.1) is 0 Å². The quantitative estimate of drug-likeness (QED) is 0.808. The smallest absolute Gasteiger partial charge is 0.0209 e. The van der Waals surface area contributed by atoms with Crippen LogP contribution in [0.25, 0.3) is 0 Å². The predicted molar refractivity (Wildman–Crippen MR) is 78.0 cm³/mol. The standard InChI is InChI=1S/C15H31N3/c1-13(2)16-15-7-10-17(12-15)11-14(3)18-8-5-4-6-9-18/h13-16H,4-12H2,1-3H3. The molecule has 2 unspecified atom stereocenters. The molecule has 0 aromatic heterocycles. The van der Waals surface area contributed by atoms with Gasteiger partial charge in [-0.1, -0.05) is 20.3 Å². The Balaban J connectivity index is 1.70. The maximum Gasteiger partial charge on any atom is 0.0209 e. The molecule has 0 aliphatic carbocycles. The third-order valence-corrected chi connectivity index (χ3v) is 4.38. The van der Waals surface area contributed by atoms with Crippen LogP contribution in [-0.4, -0.2) is 60.6 Å². The molecule has 0 saturated carbocycles. The van der Waals surface area contributed by atoms with Gasteiger partial charge in [-0.2, -0.15) is 0 Å². The van der Waals surface area contributed by atoms with Crippen LogP contribution in [0.3, 0.4) is 0 Å². The van der Waals surface area contributed by atoms with E-state index in [9.17, 15) is 0 Å². The molecular weight excluding hydrogens is 222 g/mol. The van der Waals surface area contributed by atoms with Gasteiger partial charge in [0.2, 0.25) is 0 Å². The van der Waals surface area contributed by atoms with Gasteiger partial charge in [0.05, 0.1) is 0 Å². The number of rotatable bonds is 5. The summed E-state index contributed by atoms with van der Waals surface area (Å²) in [4.78, 5) is 5.34. The van der Waals surface area contributed by atoms with Gasteiger partial charge in [0, 0.05) is 31.2 Å². The highest BCUT2D eigenvalue weighted by atomic mass is 15.2. The van der Waals surface area contributed by atoms with Crippen molar-refractivity contribution in [2.45, 2.75) is 64.6 Å². The van der Waals surface area contributed by atoms with Crippen molar-refractivity contribution in [3.8, 4) is 0 Å². The second kappa shape index (κ2) is 6.88. The van der Waals surface area contributed by atoms with E-state index >= 15 is 0 Å². The van der Waals surface area contributed by atoms with Crippen molar-refractivity contribution in [1.29, 1.82) is 0 Å². The van der Waals surface area contributed by atoms with Crippen molar-refractivity contribution in [2.24, 2.45) is 0 Å². The first-order valence-corrected chi connectivity index (χ1v) is 7.87. The molecule has 2 aliphatic rings. The Labute approximate surface area is 113 Å². The summed E-state index contributed by atoms with van der Waals surface area (Å²) in [7, 11) is 0. The highest BCUT2D eigenvalue weighted by molar-refractivity contribution is 4.84. The summed E-state index contributed by atoms with van der Waals surface area (Å²) in [6.45, 7) is 13.3. The molecule has 3 heteroatoms. The molecule has 0 aromatic rings. The van der Waals surface area contributed by atoms with Gasteiger partial charge in [0.15, 0.2) is 0 Å². The fourth-order valence-electron chi connectivity index (χ4n) is 3.45. The lowest BCUT2D eigenvalue weighted by Gasteiger charge is -2.34. The number of hydrogen-bond acceptors (Lipinski definition) is 3. The Bertz CT molecular complexity index is 236. The van der Waals surface area contributed by atoms with E-state index in [0.29, 0.717) is 6.04 Å². The van der Waals surface area contributed by atoms with E-state index in [2.05, 4.69) is 35.9 Å². The van der Waals surface area contributed by atoms with Crippen LogP contribution in [0.15, 0.2) is 0 Å². The van der Waals surface area contributed by atoms with Gasteiger partial charge in [-0.05, 0) is 45.8 Å². The van der Waals surface area contributed by atoms with Gasteiger partial charge < -0.3 is 10.2 Å². The number of piperidine rings is 1. The van der Waals surface area contributed by atoms with Crippen LogP contribution >= 0.6 is 0 Å². The average Bonchev–Trinajstić information content (AvgIpc) is 2.76. The minimum absolute atomic E-state index is 0.620. The molecule has 2 fully saturated rings. The summed E-state index contributed by atoms with van der Waals surface area (Å²) in [5, 5.41) is 3.67. The molecule has 2 aliphatic heterocycles. The van der Waals surface area contributed by atoms with Crippen LogP contribution in [0.1, 0.15) is 46.5 Å². The Morgan fingerprint density at radius 3 is 2.44 bits per heavy atom. The van der Waals surface area contributed by atoms with Crippen molar-refractivity contribution in [3.05, 3.63) is 0 Å². The first-order valence-electron chi connectivity index (χ1n) is 7.87. The summed E-state index contributed by atoms with van der Waals surface area (Å²) in [6, 6.07) is 2.08. The van der Waals surface area contributed by atoms with E-state index in [0.717, 1.165) is 12.1 Å². The van der Waals surface area contributed by atoms with E-state index in [1.54, 1.807) is 0 Å². The maximum absolute atomic E-state index is 3.67. The molecule has 0 radical (unpaired) electrons. The molecule has 106 valence electrons. The molecule has 0 aromatic carbocycles. The Morgan fingerprint density at radius 1 is 1.06 bits per heavy atom. The largest absolute Gasteiger partial charge is 0.310 e. The molecule has 0 amide bonds. The lowest BCUT2D eigenvalue weighted by atomic mass is 10.1. The minimum atomic E-state index is 0.620. The highest BCUT2D eigenvalue weighted by Crippen LogP contribution is 2.15. The highest BCUT2D eigenvalue weighted by Gasteiger charge is 2.25. The first-order chi connectivity index (χ1) is 8.65. The molecule has 2 saturated heterocycles. The maximum atomic E-state index is 3.67. The van der Waals surface area contributed by atoms with Gasteiger partial charge in [-0.15, -0.1) is 0 Å². The lowest BCUT2D eigenvalue weighted by Crippen LogP contribution is -2.45. The van der Waals surface area contributed by atoms with E-state index in [-0.39, 0.29) is 0 Å². The van der Waals surface area contributed by atoms with Gasteiger partial charge >= 0.3 is 0 Å². The molecular formula is C15H31N3. The molecule has 2 rings (SSSR count). The minimum Gasteiger partial charge on any atom is -0.310 e. The average molecular weight is 253 g/mol. The molecule has 18 heavy (non-hydrogen) atoms. The van der Waals surface area contributed by atoms with Crippen LogP contribution in [0.5, 0.6) is 0 Å². The second-order valence-corrected chi connectivity index (χ2v) is 6.51. The number of hydrogen-bond donors (Lipinski definition) is 1. The molecule has 3 nitrogen and oxygen atoms in total. The van der Waals surface area contributed by atoms with Crippen molar-refractivity contribution >= 4 is 0 Å². The summed E-state index contributed by atoms with van der Waals surface area (Å²) in [5.41, 5.74) is 0. The van der Waals surface area contributed by atoms with Crippen LogP contribution in [0.2, 0.25) is 0 Å². The Kier molecular flexibility index (Phi) is 5.46. The number of nitrogens with zero attached hydrogens (tertiary/aromatic N) is 2. The van der Waals surface area contributed by atoms with Gasteiger partial charge in [0.25, 0.3) is 0 Å². The van der Waals surface area contributed by atoms with Crippen molar-refractivity contribution < 1.29 is 0 Å². The third-order valence-electron chi connectivity index (χ3n) is 4.38. The Hall–Kier alpha value is -0.120. The van der Waals surface area contributed by atoms with Gasteiger partial charge in [0.1, 0.15) is 0 Å². The summed E-state index contributed by atoms with van der Waals surface area (Å²) < 4.78 is 0. The predicted octanol–water partition coefficient (Wildman–Crippen LogP) is 1.93. The van der Waals surface area contributed by atoms with Crippen LogP contribution in [-0.2, 0) is 0 Å². The zero-order chi connectivity index (χ0) is 13.0. The normalized spacial score (nSPS) is 29.0. The molecule has 0 bridgehead atoms. The fourth-order valence-corrected chi connectivity index (χ4v) is 3.45. The van der Waals surface area contributed by atoms with E-state index in [4.69, 9.17) is 0 Å². The lowest BCUT2D eigenvalue weighted by molar-refractivity contribution is 0.137. The molecule has 1 N–H and O–H groups in total. The SMILES string of the molecule is CC(C)NC1CCN(CC(C)N2CCCCC2)C1. The van der Waals surface area contributed by atoms with E-state index in [1.165, 1.54) is 58.4 Å². The third kappa shape index (κ3) is 4.22. The fraction of sp³-hybridized carbons (Fsp3) is 1.00. The summed E-state index contributed by atoms with van der Waals surface area (Å²) in [6.07, 6.45) is 5.57. The Morgan fingerprint density at radius 2 is 1.78 bits per heavy atom.